The summed E-state index contributed by atoms with van der Waals surface area (Å²) < 4.78 is 37.2. The third-order valence-electron chi connectivity index (χ3n) is 14.3. The van der Waals surface area contributed by atoms with Crippen molar-refractivity contribution in [1.29, 1.82) is 0 Å². The van der Waals surface area contributed by atoms with E-state index < -0.39 is 33.4 Å². The summed E-state index contributed by atoms with van der Waals surface area (Å²) in [6.45, 7) is 31.6. The van der Waals surface area contributed by atoms with Crippen molar-refractivity contribution in [3.63, 3.8) is 0 Å². The maximum absolute atomic E-state index is 12.6. The van der Waals surface area contributed by atoms with Crippen LogP contribution in [-0.4, -0.2) is 78.4 Å². The molecule has 0 aliphatic heterocycles. The maximum Gasteiger partial charge on any atom is 0.338 e. The first-order valence-electron chi connectivity index (χ1n) is 26.9. The summed E-state index contributed by atoms with van der Waals surface area (Å²) in [5, 5.41) is 5.26. The molecular weight excluding hydrogens is 929 g/mol. The molecule has 2 saturated carbocycles. The largest absolute Gasteiger partial charge is 0.458 e. The van der Waals surface area contributed by atoms with Crippen molar-refractivity contribution < 1.29 is 37.4 Å². The Labute approximate surface area is 437 Å². The molecule has 0 spiro atoms. The Balaban J connectivity index is 0.000000268. The third-order valence-corrected chi connectivity index (χ3v) is 24.3. The van der Waals surface area contributed by atoms with Crippen molar-refractivity contribution in [2.75, 3.05) is 33.0 Å². The molecule has 2 aliphatic carbocycles. The number of hydrogen-bond donors (Lipinski definition) is 0. The van der Waals surface area contributed by atoms with Crippen molar-refractivity contribution in [3.8, 4) is 0 Å². The zero-order valence-electron chi connectivity index (χ0n) is 46.8. The van der Waals surface area contributed by atoms with Crippen LogP contribution < -0.4 is 20.7 Å². The van der Waals surface area contributed by atoms with Gasteiger partial charge in [0.05, 0.1) is 13.2 Å². The van der Waals surface area contributed by atoms with E-state index in [9.17, 15) is 9.59 Å². The first kappa shape index (κ1) is 59.0. The van der Waals surface area contributed by atoms with Gasteiger partial charge in [-0.3, -0.25) is 0 Å². The van der Waals surface area contributed by atoms with Crippen LogP contribution in [0, 0.1) is 23.7 Å². The lowest BCUT2D eigenvalue weighted by Gasteiger charge is -2.44. The fraction of sp³-hybridized carbons (Fsp3) is 0.581. The van der Waals surface area contributed by atoms with Crippen LogP contribution >= 0.6 is 0 Å². The summed E-state index contributed by atoms with van der Waals surface area (Å²) in [7, 11) is -5.04. The Morgan fingerprint density at radius 2 is 0.764 bits per heavy atom. The molecule has 0 heterocycles. The number of hydrogen-bond acceptors (Lipinski definition) is 8. The Kier molecular flexibility index (Phi) is 20.9. The van der Waals surface area contributed by atoms with Crippen LogP contribution in [0.3, 0.4) is 0 Å². The van der Waals surface area contributed by atoms with E-state index in [-0.39, 0.29) is 28.6 Å². The number of carbonyl (C=O) groups excluding carboxylic acids is 2. The van der Waals surface area contributed by atoms with E-state index in [1.807, 2.05) is 55.4 Å². The highest BCUT2D eigenvalue weighted by Crippen LogP contribution is 2.40. The van der Waals surface area contributed by atoms with E-state index in [0.29, 0.717) is 36.9 Å². The maximum atomic E-state index is 12.6. The van der Waals surface area contributed by atoms with Gasteiger partial charge in [0.1, 0.15) is 17.8 Å². The molecule has 0 unspecified atom stereocenters. The van der Waals surface area contributed by atoms with E-state index in [2.05, 4.69) is 163 Å². The summed E-state index contributed by atoms with van der Waals surface area (Å²) in [5.74, 6) is 1.26. The summed E-state index contributed by atoms with van der Waals surface area (Å²) in [6, 6.07) is 43.4. The van der Waals surface area contributed by atoms with Crippen LogP contribution in [0.4, 0.5) is 0 Å². The Hall–Kier alpha value is -3.91. The van der Waals surface area contributed by atoms with Crippen LogP contribution in [0.1, 0.15) is 148 Å². The van der Waals surface area contributed by atoms with Gasteiger partial charge < -0.3 is 27.8 Å². The summed E-state index contributed by atoms with van der Waals surface area (Å²) in [5.41, 5.74) is -1.95. The van der Waals surface area contributed by atoms with Gasteiger partial charge in [-0.2, -0.15) is 0 Å². The van der Waals surface area contributed by atoms with E-state index in [1.54, 1.807) is 0 Å². The molecule has 8 nitrogen and oxygen atoms in total. The smallest absolute Gasteiger partial charge is 0.338 e. The van der Waals surface area contributed by atoms with Gasteiger partial charge in [0.2, 0.25) is 0 Å². The average molecular weight is 1020 g/mol. The van der Waals surface area contributed by atoms with Crippen molar-refractivity contribution in [1.82, 2.24) is 0 Å². The second kappa shape index (κ2) is 25.6. The number of carbonyl (C=O) groups is 2. The first-order valence-corrected chi connectivity index (χ1v) is 30.7. The molecule has 0 bridgehead atoms. The standard InChI is InChI=1S/C32H48O4Si.C30H44O4Si/c1-30(2,3)36-29(33)32(7,8)34-23-25-16-15-17-26(22-25)24-35-37(31(4,5)6,27-18-11-9-12-19-27)28-20-13-10-14-21-28;1-29(2,3)34-28(31)23-32-21-24-14-13-15-25(20-24)22-33-35(30(4,5)6,26-16-9-7-10-17-26)27-18-11-8-12-19-27/h9-14,18-21,25-26H,15-17,22-24H2,1-8H3;7-12,16-19,24-25H,13-15,20-23H2,1-6H3/t25-,26+;24-,25+/m00/s1. The quantitative estimate of drug-likeness (QED) is 0.0719. The molecule has 4 aromatic carbocycles. The third kappa shape index (κ3) is 16.5. The zero-order chi connectivity index (χ0) is 52.9. The van der Waals surface area contributed by atoms with Gasteiger partial charge in [-0.05, 0) is 148 Å². The predicted molar refractivity (Wildman–Crippen MR) is 301 cm³/mol. The zero-order valence-corrected chi connectivity index (χ0v) is 48.8. The van der Waals surface area contributed by atoms with Gasteiger partial charge in [-0.25, -0.2) is 9.59 Å². The number of benzene rings is 4. The highest BCUT2D eigenvalue weighted by atomic mass is 28.4. The molecule has 396 valence electrons. The first-order chi connectivity index (χ1) is 33.8. The molecule has 10 heteroatoms. The Morgan fingerprint density at radius 3 is 1.08 bits per heavy atom. The topological polar surface area (TPSA) is 89.5 Å². The molecule has 6 rings (SSSR count). The van der Waals surface area contributed by atoms with Crippen molar-refractivity contribution in [2.45, 2.75) is 175 Å². The molecule has 2 fully saturated rings. The lowest BCUT2D eigenvalue weighted by molar-refractivity contribution is -0.181. The fourth-order valence-corrected chi connectivity index (χ4v) is 20.2. The molecular formula is C62H92O8Si2. The monoisotopic (exact) mass is 1020 g/mol. The van der Waals surface area contributed by atoms with Crippen LogP contribution in [0.25, 0.3) is 0 Å². The fourth-order valence-electron chi connectivity index (χ4n) is 10.9. The van der Waals surface area contributed by atoms with Crippen molar-refractivity contribution in [3.05, 3.63) is 121 Å². The summed E-state index contributed by atoms with van der Waals surface area (Å²) >= 11 is 0. The van der Waals surface area contributed by atoms with Crippen LogP contribution in [0.2, 0.25) is 10.1 Å². The van der Waals surface area contributed by atoms with E-state index in [4.69, 9.17) is 27.8 Å². The average Bonchev–Trinajstić information content (AvgIpc) is 3.31. The van der Waals surface area contributed by atoms with Crippen LogP contribution in [-0.2, 0) is 37.4 Å². The summed E-state index contributed by atoms with van der Waals surface area (Å²) in [6.07, 6.45) is 9.09. The van der Waals surface area contributed by atoms with Crippen LogP contribution in [0.5, 0.6) is 0 Å². The second-order valence-corrected chi connectivity index (χ2v) is 33.8. The number of ether oxygens (including phenoxy) is 4. The van der Waals surface area contributed by atoms with Gasteiger partial charge in [-0.1, -0.05) is 176 Å². The van der Waals surface area contributed by atoms with Gasteiger partial charge in [0.15, 0.2) is 5.60 Å². The van der Waals surface area contributed by atoms with Crippen molar-refractivity contribution >= 4 is 49.3 Å². The Morgan fingerprint density at radius 1 is 0.444 bits per heavy atom. The van der Waals surface area contributed by atoms with Crippen molar-refractivity contribution in [2.24, 2.45) is 23.7 Å². The van der Waals surface area contributed by atoms with Gasteiger partial charge >= 0.3 is 11.9 Å². The van der Waals surface area contributed by atoms with Gasteiger partial charge in [0, 0.05) is 13.2 Å². The van der Waals surface area contributed by atoms with Crippen LogP contribution in [0.15, 0.2) is 121 Å². The summed E-state index contributed by atoms with van der Waals surface area (Å²) in [4.78, 5) is 24.6. The molecule has 4 aromatic rings. The molecule has 2 aliphatic rings. The number of rotatable bonds is 18. The molecule has 0 aromatic heterocycles. The van der Waals surface area contributed by atoms with Gasteiger partial charge in [0.25, 0.3) is 16.6 Å². The minimum absolute atomic E-state index is 0.0136. The predicted octanol–water partition coefficient (Wildman–Crippen LogP) is 12.2. The lowest BCUT2D eigenvalue weighted by Crippen LogP contribution is -2.67. The molecule has 0 amide bonds. The van der Waals surface area contributed by atoms with E-state index in [0.717, 1.165) is 45.3 Å². The van der Waals surface area contributed by atoms with E-state index in [1.165, 1.54) is 40.0 Å². The minimum Gasteiger partial charge on any atom is -0.458 e. The highest BCUT2D eigenvalue weighted by Gasteiger charge is 2.52. The SMILES string of the molecule is CC(C)(C)OC(=O)C(C)(C)OC[C@H]1CCC[C@@H](CO[Si](c2ccccc2)(c2ccccc2)C(C)(C)C)C1.CC(C)(C)OC(=O)COC[C@H]1CCC[C@@H](CO[Si](c2ccccc2)(c2ccccc2)C(C)(C)C)C1. The molecule has 4 atom stereocenters. The molecule has 0 saturated heterocycles. The molecule has 72 heavy (non-hydrogen) atoms. The van der Waals surface area contributed by atoms with Gasteiger partial charge in [-0.15, -0.1) is 0 Å². The van der Waals surface area contributed by atoms with E-state index >= 15 is 0 Å². The highest BCUT2D eigenvalue weighted by molar-refractivity contribution is 7.00. The number of esters is 2. The minimum atomic E-state index is -2.53. The Bertz CT molecular complexity index is 2140. The second-order valence-electron chi connectivity index (χ2n) is 25.2. The molecule has 0 N–H and O–H groups in total. The lowest BCUT2D eigenvalue weighted by atomic mass is 9.82. The normalized spacial score (nSPS) is 19.4. The molecule has 0 radical (unpaired) electrons.